The van der Waals surface area contributed by atoms with Gasteiger partial charge in [0.15, 0.2) is 0 Å². The average Bonchev–Trinajstić information content (AvgIpc) is 3.02. The van der Waals surface area contributed by atoms with E-state index in [9.17, 15) is 10.1 Å². The Labute approximate surface area is 185 Å². The molecule has 1 heterocycles. The van der Waals surface area contributed by atoms with Gasteiger partial charge in [-0.3, -0.25) is 0 Å². The molecule has 31 heavy (non-hydrogen) atoms. The molecule has 1 saturated heterocycles. The minimum absolute atomic E-state index is 0.0207. The number of hydrogen-bond donors (Lipinski definition) is 0. The maximum atomic E-state index is 12.9. The van der Waals surface area contributed by atoms with Crippen molar-refractivity contribution in [2.45, 2.75) is 46.1 Å². The molecule has 0 spiro atoms. The lowest BCUT2D eigenvalue weighted by molar-refractivity contribution is -0.0128. The van der Waals surface area contributed by atoms with E-state index in [1.165, 1.54) is 11.3 Å². The van der Waals surface area contributed by atoms with E-state index in [4.69, 9.17) is 9.47 Å². The molecule has 1 aromatic carbocycles. The topological polar surface area (TPSA) is 62.6 Å². The first-order valence-electron chi connectivity index (χ1n) is 11.6. The van der Waals surface area contributed by atoms with Crippen LogP contribution in [0.1, 0.15) is 50.4 Å². The summed E-state index contributed by atoms with van der Waals surface area (Å²) in [6.07, 6.45) is 2.85. The zero-order chi connectivity index (χ0) is 21.8. The third kappa shape index (κ3) is 3.10. The second-order valence-corrected chi connectivity index (χ2v) is 10.4. The van der Waals surface area contributed by atoms with Crippen molar-refractivity contribution in [1.29, 1.82) is 5.26 Å². The molecule has 5 unspecified atom stereocenters. The van der Waals surface area contributed by atoms with E-state index in [2.05, 4.69) is 31.7 Å². The third-order valence-corrected chi connectivity index (χ3v) is 8.50. The first-order valence-corrected chi connectivity index (χ1v) is 11.6. The van der Waals surface area contributed by atoms with Gasteiger partial charge in [0.05, 0.1) is 30.8 Å². The standard InChI is InChI=1S/C26H32N2O3/c1-25(2)20(16-27)22(25)19-15-18-9-10-21(31-24(29)17-7-5-4-6-8-17)26(18,3)23(19)28-11-13-30-14-12-28/h4-8,18,20-22H,9-15H2,1-3H3. The predicted molar refractivity (Wildman–Crippen MR) is 117 cm³/mol. The summed E-state index contributed by atoms with van der Waals surface area (Å²) < 4.78 is 11.8. The minimum Gasteiger partial charge on any atom is -0.458 e. The van der Waals surface area contributed by atoms with Crippen molar-refractivity contribution in [2.24, 2.45) is 28.6 Å². The Bertz CT molecular complexity index is 941. The molecule has 5 nitrogen and oxygen atoms in total. The molecule has 0 bridgehead atoms. The van der Waals surface area contributed by atoms with Crippen LogP contribution in [0.2, 0.25) is 0 Å². The first kappa shape index (κ1) is 20.6. The van der Waals surface area contributed by atoms with E-state index >= 15 is 0 Å². The number of hydrogen-bond acceptors (Lipinski definition) is 5. The summed E-state index contributed by atoms with van der Waals surface area (Å²) in [5.41, 5.74) is 3.24. The molecule has 164 valence electrons. The Kier molecular flexibility index (Phi) is 4.90. The summed E-state index contributed by atoms with van der Waals surface area (Å²) in [6, 6.07) is 11.9. The number of morpholine rings is 1. The van der Waals surface area contributed by atoms with Gasteiger partial charge < -0.3 is 14.4 Å². The summed E-state index contributed by atoms with van der Waals surface area (Å²) >= 11 is 0. The molecule has 1 aromatic rings. The molecular formula is C26H32N2O3. The lowest BCUT2D eigenvalue weighted by Gasteiger charge is -2.42. The minimum atomic E-state index is -0.232. The molecular weight excluding hydrogens is 388 g/mol. The molecule has 2 saturated carbocycles. The molecule has 0 N–H and O–H groups in total. The highest BCUT2D eigenvalue weighted by molar-refractivity contribution is 5.89. The van der Waals surface area contributed by atoms with Crippen LogP contribution in [0.4, 0.5) is 0 Å². The van der Waals surface area contributed by atoms with Gasteiger partial charge in [-0.1, -0.05) is 39.0 Å². The number of ether oxygens (including phenoxy) is 2. The van der Waals surface area contributed by atoms with Crippen molar-refractivity contribution in [3.63, 3.8) is 0 Å². The molecule has 3 fully saturated rings. The Morgan fingerprint density at radius 2 is 1.87 bits per heavy atom. The van der Waals surface area contributed by atoms with Crippen molar-refractivity contribution >= 4 is 5.97 Å². The van der Waals surface area contributed by atoms with Crippen LogP contribution < -0.4 is 0 Å². The quantitative estimate of drug-likeness (QED) is 0.675. The number of benzene rings is 1. The third-order valence-electron chi connectivity index (χ3n) is 8.50. The molecule has 5 heteroatoms. The highest BCUT2D eigenvalue weighted by Crippen LogP contribution is 2.69. The maximum Gasteiger partial charge on any atom is 0.338 e. The van der Waals surface area contributed by atoms with Crippen LogP contribution >= 0.6 is 0 Å². The summed E-state index contributed by atoms with van der Waals surface area (Å²) in [5, 5.41) is 9.76. The Balaban J connectivity index is 1.51. The molecule has 1 aliphatic heterocycles. The van der Waals surface area contributed by atoms with Gasteiger partial charge >= 0.3 is 5.97 Å². The number of carbonyl (C=O) groups excluding carboxylic acids is 1. The second kappa shape index (κ2) is 7.38. The summed E-state index contributed by atoms with van der Waals surface area (Å²) in [7, 11) is 0. The van der Waals surface area contributed by atoms with Crippen molar-refractivity contribution in [1.82, 2.24) is 4.90 Å². The monoisotopic (exact) mass is 420 g/mol. The van der Waals surface area contributed by atoms with E-state index in [0.717, 1.165) is 45.6 Å². The van der Waals surface area contributed by atoms with Gasteiger partial charge in [0, 0.05) is 30.1 Å². The largest absolute Gasteiger partial charge is 0.458 e. The number of carbonyl (C=O) groups is 1. The number of fused-ring (bicyclic) bond motifs is 1. The lowest BCUT2D eigenvalue weighted by atomic mass is 9.78. The zero-order valence-corrected chi connectivity index (χ0v) is 18.8. The van der Waals surface area contributed by atoms with Gasteiger partial charge in [-0.15, -0.1) is 0 Å². The maximum absolute atomic E-state index is 12.9. The van der Waals surface area contributed by atoms with Crippen LogP contribution in [0.3, 0.4) is 0 Å². The second-order valence-electron chi connectivity index (χ2n) is 10.4. The predicted octanol–water partition coefficient (Wildman–Crippen LogP) is 4.41. The zero-order valence-electron chi connectivity index (χ0n) is 18.8. The average molecular weight is 421 g/mol. The number of nitrogens with zero attached hydrogens (tertiary/aromatic N) is 2. The molecule has 0 aromatic heterocycles. The van der Waals surface area contributed by atoms with Crippen molar-refractivity contribution in [2.75, 3.05) is 26.3 Å². The van der Waals surface area contributed by atoms with E-state index in [-0.39, 0.29) is 28.8 Å². The smallest absolute Gasteiger partial charge is 0.338 e. The number of esters is 1. The van der Waals surface area contributed by atoms with E-state index in [1.807, 2.05) is 30.3 Å². The Hall–Kier alpha value is -2.32. The van der Waals surface area contributed by atoms with Gasteiger partial charge in [0.2, 0.25) is 0 Å². The summed E-state index contributed by atoms with van der Waals surface area (Å²) in [6.45, 7) is 9.93. The normalized spacial score (nSPS) is 36.1. The van der Waals surface area contributed by atoms with Crippen LogP contribution in [-0.2, 0) is 9.47 Å². The molecule has 0 radical (unpaired) electrons. The molecule has 3 aliphatic carbocycles. The Morgan fingerprint density at radius 3 is 2.52 bits per heavy atom. The first-order chi connectivity index (χ1) is 14.9. The lowest BCUT2D eigenvalue weighted by Crippen LogP contribution is -2.45. The van der Waals surface area contributed by atoms with Crippen LogP contribution in [0.5, 0.6) is 0 Å². The van der Waals surface area contributed by atoms with Crippen molar-refractivity contribution in [3.05, 3.63) is 47.2 Å². The van der Waals surface area contributed by atoms with Gasteiger partial charge in [0.25, 0.3) is 0 Å². The summed E-state index contributed by atoms with van der Waals surface area (Å²) in [5.74, 6) is 0.614. The fourth-order valence-corrected chi connectivity index (χ4v) is 6.67. The molecule has 5 rings (SSSR count). The highest BCUT2D eigenvalue weighted by Gasteiger charge is 2.66. The Morgan fingerprint density at radius 1 is 1.16 bits per heavy atom. The number of nitriles is 1. The van der Waals surface area contributed by atoms with Crippen LogP contribution in [-0.4, -0.2) is 43.3 Å². The van der Waals surface area contributed by atoms with Gasteiger partial charge in [-0.2, -0.15) is 5.26 Å². The van der Waals surface area contributed by atoms with Crippen LogP contribution in [0.25, 0.3) is 0 Å². The fraction of sp³-hybridized carbons (Fsp3) is 0.615. The van der Waals surface area contributed by atoms with Crippen molar-refractivity contribution in [3.8, 4) is 6.07 Å². The van der Waals surface area contributed by atoms with Crippen LogP contribution in [0.15, 0.2) is 41.6 Å². The SMILES string of the molecule is CC1(C)C(C#N)C1C1=C(N2CCOCC2)C2(C)C(CCC2OC(=O)c2ccccc2)C1. The van der Waals surface area contributed by atoms with Crippen LogP contribution in [0, 0.1) is 39.9 Å². The van der Waals surface area contributed by atoms with E-state index in [0.29, 0.717) is 17.4 Å². The van der Waals surface area contributed by atoms with Gasteiger partial charge in [0.1, 0.15) is 6.10 Å². The molecule has 0 amide bonds. The molecule has 5 atom stereocenters. The number of rotatable bonds is 4. The molecule has 4 aliphatic rings. The summed E-state index contributed by atoms with van der Waals surface area (Å²) in [4.78, 5) is 15.4. The van der Waals surface area contributed by atoms with E-state index in [1.54, 1.807) is 0 Å². The van der Waals surface area contributed by atoms with Gasteiger partial charge in [-0.05, 0) is 48.3 Å². The van der Waals surface area contributed by atoms with E-state index < -0.39 is 0 Å². The fourth-order valence-electron chi connectivity index (χ4n) is 6.67. The number of allylic oxidation sites excluding steroid dienone is 1. The van der Waals surface area contributed by atoms with Crippen molar-refractivity contribution < 1.29 is 14.3 Å². The van der Waals surface area contributed by atoms with Gasteiger partial charge in [-0.25, -0.2) is 4.79 Å². The highest BCUT2D eigenvalue weighted by atomic mass is 16.5.